The average Bonchev–Trinajstić information content (AvgIpc) is 3.15. The fraction of sp³-hybridized carbons (Fsp3) is 0.400. The van der Waals surface area contributed by atoms with E-state index in [1.165, 1.54) is 17.0 Å². The number of benzene rings is 1. The number of halogens is 1. The topological polar surface area (TPSA) is 79.5 Å². The smallest absolute Gasteiger partial charge is 0.222 e. The van der Waals surface area contributed by atoms with Gasteiger partial charge in [0, 0.05) is 25.0 Å². The Bertz CT molecular complexity index is 731. The van der Waals surface area contributed by atoms with Crippen molar-refractivity contribution in [3.63, 3.8) is 0 Å². The van der Waals surface area contributed by atoms with E-state index in [1.54, 1.807) is 30.5 Å². The number of nitrogens with zero attached hydrogens (tertiary/aromatic N) is 1. The molecule has 2 atom stereocenters. The highest BCUT2D eigenvalue weighted by Gasteiger charge is 2.17. The molecule has 0 aliphatic carbocycles. The molecule has 5 nitrogen and oxygen atoms in total. The SMILES string of the molecule is CN=C(NCC(C)Cc1cccs1)NCC(Cc1ccc(F)cc1)C(N)=O. The number of hydrogen-bond acceptors (Lipinski definition) is 3. The first kappa shape index (κ1) is 20.9. The molecule has 0 bridgehead atoms. The molecule has 2 aromatic rings. The van der Waals surface area contributed by atoms with Crippen molar-refractivity contribution < 1.29 is 9.18 Å². The Morgan fingerprint density at radius 2 is 1.89 bits per heavy atom. The summed E-state index contributed by atoms with van der Waals surface area (Å²) < 4.78 is 13.0. The first-order chi connectivity index (χ1) is 13.0. The van der Waals surface area contributed by atoms with E-state index in [1.807, 2.05) is 0 Å². The molecular formula is C20H27FN4OS. The summed E-state index contributed by atoms with van der Waals surface area (Å²) in [7, 11) is 1.69. The number of carbonyl (C=O) groups is 1. The van der Waals surface area contributed by atoms with Crippen molar-refractivity contribution in [3.05, 3.63) is 58.0 Å². The molecule has 1 amide bonds. The summed E-state index contributed by atoms with van der Waals surface area (Å²) in [6.07, 6.45) is 1.46. The van der Waals surface area contributed by atoms with Crippen molar-refractivity contribution >= 4 is 23.2 Å². The largest absolute Gasteiger partial charge is 0.369 e. The Morgan fingerprint density at radius 3 is 2.48 bits per heavy atom. The molecule has 2 rings (SSSR count). The first-order valence-electron chi connectivity index (χ1n) is 8.98. The van der Waals surface area contributed by atoms with E-state index in [0.717, 1.165) is 18.5 Å². The van der Waals surface area contributed by atoms with Crippen LogP contribution in [0.3, 0.4) is 0 Å². The van der Waals surface area contributed by atoms with E-state index in [4.69, 9.17) is 5.73 Å². The molecule has 0 aliphatic rings. The maximum absolute atomic E-state index is 13.0. The lowest BCUT2D eigenvalue weighted by Gasteiger charge is -2.19. The quantitative estimate of drug-likeness (QED) is 0.455. The summed E-state index contributed by atoms with van der Waals surface area (Å²) in [6, 6.07) is 10.3. The van der Waals surface area contributed by atoms with Crippen LogP contribution < -0.4 is 16.4 Å². The minimum Gasteiger partial charge on any atom is -0.369 e. The van der Waals surface area contributed by atoms with Gasteiger partial charge in [-0.1, -0.05) is 25.1 Å². The Morgan fingerprint density at radius 1 is 1.19 bits per heavy atom. The number of amides is 1. The lowest BCUT2D eigenvalue weighted by atomic mass is 9.98. The van der Waals surface area contributed by atoms with Crippen LogP contribution in [0.15, 0.2) is 46.8 Å². The monoisotopic (exact) mass is 390 g/mol. The number of nitrogens with two attached hydrogens (primary N) is 1. The maximum Gasteiger partial charge on any atom is 0.222 e. The normalized spacial score (nSPS) is 13.8. The van der Waals surface area contributed by atoms with Gasteiger partial charge in [-0.3, -0.25) is 9.79 Å². The van der Waals surface area contributed by atoms with Gasteiger partial charge in [-0.15, -0.1) is 11.3 Å². The third-order valence-corrected chi connectivity index (χ3v) is 5.18. The van der Waals surface area contributed by atoms with Crippen LogP contribution in [0.5, 0.6) is 0 Å². The van der Waals surface area contributed by atoms with Gasteiger partial charge in [0.25, 0.3) is 0 Å². The van der Waals surface area contributed by atoms with E-state index in [2.05, 4.69) is 40.1 Å². The number of aliphatic imine (C=N–C) groups is 1. The highest BCUT2D eigenvalue weighted by atomic mass is 32.1. The molecule has 0 fully saturated rings. The van der Waals surface area contributed by atoms with Crippen molar-refractivity contribution in [3.8, 4) is 0 Å². The summed E-state index contributed by atoms with van der Waals surface area (Å²) in [6.45, 7) is 3.32. The van der Waals surface area contributed by atoms with Crippen LogP contribution in [0.25, 0.3) is 0 Å². The second-order valence-electron chi connectivity index (χ2n) is 6.65. The van der Waals surface area contributed by atoms with Crippen molar-refractivity contribution in [1.82, 2.24) is 10.6 Å². The minimum atomic E-state index is -0.405. The van der Waals surface area contributed by atoms with Crippen LogP contribution in [-0.2, 0) is 17.6 Å². The number of guanidine groups is 1. The van der Waals surface area contributed by atoms with Gasteiger partial charge in [0.15, 0.2) is 5.96 Å². The van der Waals surface area contributed by atoms with Gasteiger partial charge in [-0.25, -0.2) is 4.39 Å². The minimum absolute atomic E-state index is 0.297. The highest BCUT2D eigenvalue weighted by Crippen LogP contribution is 2.14. The van der Waals surface area contributed by atoms with Crippen LogP contribution in [0, 0.1) is 17.7 Å². The average molecular weight is 391 g/mol. The predicted molar refractivity (Wildman–Crippen MR) is 109 cm³/mol. The van der Waals surface area contributed by atoms with Crippen LogP contribution in [-0.4, -0.2) is 32.0 Å². The standard InChI is InChI=1S/C20H27FN4OS/c1-14(10-18-4-3-9-27-18)12-24-20(23-2)25-13-16(19(22)26)11-15-5-7-17(21)8-6-15/h3-9,14,16H,10-13H2,1-2H3,(H2,22,26)(H2,23,24,25). The molecule has 27 heavy (non-hydrogen) atoms. The molecule has 2 unspecified atom stereocenters. The van der Waals surface area contributed by atoms with Crippen molar-refractivity contribution in [2.45, 2.75) is 19.8 Å². The Hall–Kier alpha value is -2.41. The molecular weight excluding hydrogens is 363 g/mol. The van der Waals surface area contributed by atoms with Gasteiger partial charge in [-0.05, 0) is 47.9 Å². The highest BCUT2D eigenvalue weighted by molar-refractivity contribution is 7.09. The van der Waals surface area contributed by atoms with E-state index >= 15 is 0 Å². The van der Waals surface area contributed by atoms with E-state index in [-0.39, 0.29) is 5.82 Å². The van der Waals surface area contributed by atoms with Crippen LogP contribution >= 0.6 is 11.3 Å². The second-order valence-corrected chi connectivity index (χ2v) is 7.68. The summed E-state index contributed by atoms with van der Waals surface area (Å²) in [5.74, 6) is -0.00796. The molecule has 1 aromatic heterocycles. The zero-order chi connectivity index (χ0) is 19.6. The summed E-state index contributed by atoms with van der Waals surface area (Å²) in [5.41, 5.74) is 6.40. The molecule has 0 saturated carbocycles. The Balaban J connectivity index is 1.81. The lowest BCUT2D eigenvalue weighted by Crippen LogP contribution is -2.44. The van der Waals surface area contributed by atoms with Crippen molar-refractivity contribution in [2.75, 3.05) is 20.1 Å². The fourth-order valence-corrected chi connectivity index (χ4v) is 3.60. The molecule has 0 aliphatic heterocycles. The Labute approximate surface area is 163 Å². The molecule has 146 valence electrons. The number of carbonyl (C=O) groups excluding carboxylic acids is 1. The Kier molecular flexibility index (Phi) is 8.26. The molecule has 4 N–H and O–H groups in total. The van der Waals surface area contributed by atoms with Crippen LogP contribution in [0.1, 0.15) is 17.4 Å². The van der Waals surface area contributed by atoms with Crippen LogP contribution in [0.4, 0.5) is 4.39 Å². The predicted octanol–water partition coefficient (Wildman–Crippen LogP) is 2.58. The molecule has 0 saturated heterocycles. The summed E-state index contributed by atoms with van der Waals surface area (Å²) in [4.78, 5) is 17.3. The maximum atomic E-state index is 13.0. The third kappa shape index (κ3) is 7.38. The van der Waals surface area contributed by atoms with Gasteiger partial charge in [0.05, 0.1) is 5.92 Å². The molecule has 1 heterocycles. The second kappa shape index (κ2) is 10.7. The number of primary amides is 1. The van der Waals surface area contributed by atoms with Gasteiger partial charge in [0.2, 0.25) is 5.91 Å². The number of thiophene rings is 1. The van der Waals surface area contributed by atoms with E-state index in [9.17, 15) is 9.18 Å². The lowest BCUT2D eigenvalue weighted by molar-refractivity contribution is -0.121. The van der Waals surface area contributed by atoms with Crippen molar-refractivity contribution in [1.29, 1.82) is 0 Å². The number of rotatable bonds is 9. The molecule has 1 aromatic carbocycles. The zero-order valence-corrected chi connectivity index (χ0v) is 16.6. The van der Waals surface area contributed by atoms with Gasteiger partial charge in [0.1, 0.15) is 5.82 Å². The van der Waals surface area contributed by atoms with Gasteiger partial charge in [-0.2, -0.15) is 0 Å². The van der Waals surface area contributed by atoms with E-state index < -0.39 is 11.8 Å². The van der Waals surface area contributed by atoms with Gasteiger partial charge >= 0.3 is 0 Å². The van der Waals surface area contributed by atoms with E-state index in [0.29, 0.717) is 24.8 Å². The molecule has 0 spiro atoms. The molecule has 0 radical (unpaired) electrons. The number of hydrogen-bond donors (Lipinski definition) is 3. The van der Waals surface area contributed by atoms with Crippen molar-refractivity contribution in [2.24, 2.45) is 22.6 Å². The van der Waals surface area contributed by atoms with Gasteiger partial charge < -0.3 is 16.4 Å². The molecule has 7 heteroatoms. The number of nitrogens with one attached hydrogen (secondary N) is 2. The van der Waals surface area contributed by atoms with Crippen LogP contribution in [0.2, 0.25) is 0 Å². The first-order valence-corrected chi connectivity index (χ1v) is 9.86. The fourth-order valence-electron chi connectivity index (χ4n) is 2.73. The third-order valence-electron chi connectivity index (χ3n) is 4.28. The summed E-state index contributed by atoms with van der Waals surface area (Å²) >= 11 is 1.76. The summed E-state index contributed by atoms with van der Waals surface area (Å²) in [5, 5.41) is 8.54. The zero-order valence-electron chi connectivity index (χ0n) is 15.7.